The molecule has 1 aliphatic carbocycles. The third kappa shape index (κ3) is 1.69. The highest BCUT2D eigenvalue weighted by Gasteiger charge is 2.31. The molecule has 1 aliphatic rings. The molecule has 1 fully saturated rings. The van der Waals surface area contributed by atoms with Gasteiger partial charge in [-0.15, -0.1) is 0 Å². The Morgan fingerprint density at radius 1 is 1.46 bits per heavy atom. The van der Waals surface area contributed by atoms with E-state index in [1.807, 2.05) is 0 Å². The fraction of sp³-hybridized carbons (Fsp3) is 0.400. The van der Waals surface area contributed by atoms with Crippen molar-refractivity contribution in [3.05, 3.63) is 34.6 Å². The molecule has 70 valence electrons. The van der Waals surface area contributed by atoms with Crippen molar-refractivity contribution in [2.45, 2.75) is 18.9 Å². The van der Waals surface area contributed by atoms with Crippen molar-refractivity contribution in [1.82, 2.24) is 0 Å². The van der Waals surface area contributed by atoms with Gasteiger partial charge in [-0.3, -0.25) is 0 Å². The van der Waals surface area contributed by atoms with Crippen LogP contribution in [0.25, 0.3) is 0 Å². The number of hydrogen-bond donors (Lipinski definition) is 1. The lowest BCUT2D eigenvalue weighted by molar-refractivity contribution is 0.554. The smallest absolute Gasteiger partial charge is 0.146 e. The van der Waals surface area contributed by atoms with E-state index in [0.717, 1.165) is 12.8 Å². The quantitative estimate of drug-likeness (QED) is 0.779. The van der Waals surface area contributed by atoms with Crippen LogP contribution in [0.4, 0.5) is 4.39 Å². The minimum atomic E-state index is -0.358. The first kappa shape index (κ1) is 8.97. The highest BCUT2D eigenvalue weighted by Crippen LogP contribution is 2.40. The number of halogens is 2. The third-order valence-electron chi connectivity index (χ3n) is 2.47. The molecule has 0 amide bonds. The summed E-state index contributed by atoms with van der Waals surface area (Å²) in [5.41, 5.74) is 6.42. The molecule has 13 heavy (non-hydrogen) atoms. The van der Waals surface area contributed by atoms with Gasteiger partial charge in [-0.25, -0.2) is 4.39 Å². The molecule has 3 heteroatoms. The van der Waals surface area contributed by atoms with E-state index >= 15 is 0 Å². The van der Waals surface area contributed by atoms with E-state index in [2.05, 4.69) is 0 Å². The topological polar surface area (TPSA) is 26.0 Å². The standard InChI is InChI=1S/C10H11ClFN/c11-8-3-1-2-7(9(8)12)10(13)6-4-5-6/h1-3,6,10H,4-5,13H2. The summed E-state index contributed by atoms with van der Waals surface area (Å²) in [6.45, 7) is 0. The van der Waals surface area contributed by atoms with Crippen molar-refractivity contribution in [3.8, 4) is 0 Å². The molecule has 2 rings (SSSR count). The predicted molar refractivity (Wildman–Crippen MR) is 51.1 cm³/mol. The molecule has 0 saturated heterocycles. The maximum atomic E-state index is 13.4. The molecule has 0 bridgehead atoms. The second kappa shape index (κ2) is 3.28. The van der Waals surface area contributed by atoms with Crippen molar-refractivity contribution in [2.75, 3.05) is 0 Å². The largest absolute Gasteiger partial charge is 0.324 e. The van der Waals surface area contributed by atoms with Crippen LogP contribution in [-0.4, -0.2) is 0 Å². The lowest BCUT2D eigenvalue weighted by atomic mass is 10.0. The summed E-state index contributed by atoms with van der Waals surface area (Å²) in [5.74, 6) is 0.0940. The summed E-state index contributed by atoms with van der Waals surface area (Å²) < 4.78 is 13.4. The van der Waals surface area contributed by atoms with Crippen LogP contribution in [-0.2, 0) is 0 Å². The summed E-state index contributed by atoms with van der Waals surface area (Å²) in [5, 5.41) is 0.161. The van der Waals surface area contributed by atoms with Crippen molar-refractivity contribution >= 4 is 11.6 Å². The maximum Gasteiger partial charge on any atom is 0.146 e. The monoisotopic (exact) mass is 199 g/mol. The summed E-state index contributed by atoms with van der Waals surface area (Å²) >= 11 is 5.65. The van der Waals surface area contributed by atoms with Gasteiger partial charge >= 0.3 is 0 Å². The van der Waals surface area contributed by atoms with E-state index in [1.165, 1.54) is 0 Å². The summed E-state index contributed by atoms with van der Waals surface area (Å²) in [7, 11) is 0. The van der Waals surface area contributed by atoms with E-state index < -0.39 is 0 Å². The molecule has 1 atom stereocenters. The zero-order valence-electron chi connectivity index (χ0n) is 7.13. The van der Waals surface area contributed by atoms with Gasteiger partial charge < -0.3 is 5.73 Å². The van der Waals surface area contributed by atoms with Gasteiger partial charge in [0.05, 0.1) is 5.02 Å². The lowest BCUT2D eigenvalue weighted by Gasteiger charge is -2.11. The van der Waals surface area contributed by atoms with Crippen LogP contribution < -0.4 is 5.73 Å². The maximum absolute atomic E-state index is 13.4. The Morgan fingerprint density at radius 3 is 2.77 bits per heavy atom. The Balaban J connectivity index is 2.32. The molecule has 0 aromatic heterocycles. The molecule has 0 spiro atoms. The highest BCUT2D eigenvalue weighted by molar-refractivity contribution is 6.30. The van der Waals surface area contributed by atoms with E-state index in [0.29, 0.717) is 11.5 Å². The molecule has 0 heterocycles. The Kier molecular flexibility index (Phi) is 2.26. The lowest BCUT2D eigenvalue weighted by Crippen LogP contribution is -2.14. The molecular weight excluding hydrogens is 189 g/mol. The number of benzene rings is 1. The van der Waals surface area contributed by atoms with Crippen molar-refractivity contribution in [1.29, 1.82) is 0 Å². The molecule has 1 unspecified atom stereocenters. The molecule has 1 aromatic carbocycles. The van der Waals surface area contributed by atoms with Crippen LogP contribution in [0, 0.1) is 11.7 Å². The minimum Gasteiger partial charge on any atom is -0.324 e. The zero-order chi connectivity index (χ0) is 9.42. The van der Waals surface area contributed by atoms with Gasteiger partial charge in [0.25, 0.3) is 0 Å². The number of rotatable bonds is 2. The molecule has 0 radical (unpaired) electrons. The average Bonchev–Trinajstić information content (AvgIpc) is 2.91. The average molecular weight is 200 g/mol. The second-order valence-electron chi connectivity index (χ2n) is 3.51. The fourth-order valence-corrected chi connectivity index (χ4v) is 1.67. The minimum absolute atomic E-state index is 0.161. The van der Waals surface area contributed by atoms with Crippen molar-refractivity contribution < 1.29 is 4.39 Å². The van der Waals surface area contributed by atoms with Crippen LogP contribution in [0.5, 0.6) is 0 Å². The highest BCUT2D eigenvalue weighted by atomic mass is 35.5. The van der Waals surface area contributed by atoms with Crippen LogP contribution in [0.1, 0.15) is 24.4 Å². The van der Waals surface area contributed by atoms with E-state index in [1.54, 1.807) is 18.2 Å². The summed E-state index contributed by atoms with van der Waals surface area (Å²) in [4.78, 5) is 0. The van der Waals surface area contributed by atoms with Gasteiger partial charge in [0.2, 0.25) is 0 Å². The normalized spacial score (nSPS) is 18.7. The second-order valence-corrected chi connectivity index (χ2v) is 3.91. The summed E-state index contributed by atoms with van der Waals surface area (Å²) in [6, 6.07) is 4.81. The van der Waals surface area contributed by atoms with Crippen LogP contribution in [0.3, 0.4) is 0 Å². The van der Waals surface area contributed by atoms with E-state index in [-0.39, 0.29) is 16.9 Å². The summed E-state index contributed by atoms with van der Waals surface area (Å²) in [6.07, 6.45) is 2.21. The molecule has 2 N–H and O–H groups in total. The predicted octanol–water partition coefficient (Wildman–Crippen LogP) is 2.89. The van der Waals surface area contributed by atoms with Crippen LogP contribution >= 0.6 is 11.6 Å². The molecule has 0 aliphatic heterocycles. The van der Waals surface area contributed by atoms with Crippen molar-refractivity contribution in [3.63, 3.8) is 0 Å². The van der Waals surface area contributed by atoms with Crippen molar-refractivity contribution in [2.24, 2.45) is 11.7 Å². The molecule has 1 nitrogen and oxygen atoms in total. The molecule has 1 aromatic rings. The van der Waals surface area contributed by atoms with Gasteiger partial charge in [0, 0.05) is 11.6 Å². The fourth-order valence-electron chi connectivity index (χ4n) is 1.49. The number of nitrogens with two attached hydrogens (primary N) is 1. The Labute approximate surface area is 81.7 Å². The van der Waals surface area contributed by atoms with E-state index in [4.69, 9.17) is 17.3 Å². The Hall–Kier alpha value is -0.600. The van der Waals surface area contributed by atoms with Gasteiger partial charge in [-0.1, -0.05) is 23.7 Å². The zero-order valence-corrected chi connectivity index (χ0v) is 7.89. The SMILES string of the molecule is NC(c1cccc(Cl)c1F)C1CC1. The van der Waals surface area contributed by atoms with Gasteiger partial charge in [0.1, 0.15) is 5.82 Å². The molecular formula is C10H11ClFN. The van der Waals surface area contributed by atoms with Gasteiger partial charge in [-0.2, -0.15) is 0 Å². The van der Waals surface area contributed by atoms with Gasteiger partial charge in [-0.05, 0) is 24.8 Å². The first-order valence-corrected chi connectivity index (χ1v) is 4.77. The van der Waals surface area contributed by atoms with Gasteiger partial charge in [0.15, 0.2) is 0 Å². The Morgan fingerprint density at radius 2 is 2.15 bits per heavy atom. The Bertz CT molecular complexity index is 323. The first-order chi connectivity index (χ1) is 6.20. The number of hydrogen-bond acceptors (Lipinski definition) is 1. The first-order valence-electron chi connectivity index (χ1n) is 4.39. The third-order valence-corrected chi connectivity index (χ3v) is 2.76. The van der Waals surface area contributed by atoms with Crippen LogP contribution in [0.15, 0.2) is 18.2 Å². The van der Waals surface area contributed by atoms with E-state index in [9.17, 15) is 4.39 Å². The van der Waals surface area contributed by atoms with Crippen LogP contribution in [0.2, 0.25) is 5.02 Å². The molecule has 1 saturated carbocycles.